The Bertz CT molecular complexity index is 491. The Hall–Kier alpha value is -1.10. The lowest BCUT2D eigenvalue weighted by Crippen LogP contribution is -2.46. The normalized spacial score (nSPS) is 24.1. The highest BCUT2D eigenvalue weighted by molar-refractivity contribution is 5.58. The highest BCUT2D eigenvalue weighted by Crippen LogP contribution is 2.31. The quantitative estimate of drug-likeness (QED) is 0.917. The number of nitrogens with zero attached hydrogens (tertiary/aromatic N) is 2. The van der Waals surface area contributed by atoms with Crippen molar-refractivity contribution in [3.8, 4) is 0 Å². The predicted octanol–water partition coefficient (Wildman–Crippen LogP) is 1.79. The van der Waals surface area contributed by atoms with Crippen molar-refractivity contribution in [3.63, 3.8) is 0 Å². The minimum Gasteiger partial charge on any atom is -0.376 e. The molecule has 0 aliphatic carbocycles. The molecule has 1 aromatic rings. The summed E-state index contributed by atoms with van der Waals surface area (Å²) in [6, 6.07) is 7.21. The molecule has 2 atom stereocenters. The number of ether oxygens (including phenoxy) is 1. The Morgan fingerprint density at radius 1 is 1.38 bits per heavy atom. The molecule has 0 amide bonds. The van der Waals surface area contributed by atoms with E-state index in [1.54, 1.807) is 0 Å². The molecule has 1 saturated heterocycles. The van der Waals surface area contributed by atoms with Crippen LogP contribution in [0, 0.1) is 0 Å². The number of likely N-dealkylation sites (N-methyl/N-ethyl adjacent to an activating group) is 1. The largest absolute Gasteiger partial charge is 0.376 e. The van der Waals surface area contributed by atoms with Gasteiger partial charge in [-0.05, 0) is 30.0 Å². The zero-order chi connectivity index (χ0) is 14.8. The second kappa shape index (κ2) is 6.34. The van der Waals surface area contributed by atoms with Gasteiger partial charge in [-0.3, -0.25) is 4.90 Å². The predicted molar refractivity (Wildman–Crippen MR) is 86.8 cm³/mol. The van der Waals surface area contributed by atoms with E-state index in [4.69, 9.17) is 10.5 Å². The topological polar surface area (TPSA) is 41.7 Å². The van der Waals surface area contributed by atoms with Gasteiger partial charge in [-0.2, -0.15) is 0 Å². The van der Waals surface area contributed by atoms with Crippen molar-refractivity contribution in [2.75, 3.05) is 44.7 Å². The zero-order valence-electron chi connectivity index (χ0n) is 13.2. The number of rotatable bonds is 4. The van der Waals surface area contributed by atoms with Crippen LogP contribution < -0.4 is 10.6 Å². The van der Waals surface area contributed by atoms with Crippen LogP contribution in [0.1, 0.15) is 30.5 Å². The fourth-order valence-electron chi connectivity index (χ4n) is 3.56. The third kappa shape index (κ3) is 2.93. The molecule has 2 N–H and O–H groups in total. The molecule has 0 saturated carbocycles. The molecule has 0 spiro atoms. The van der Waals surface area contributed by atoms with Gasteiger partial charge >= 0.3 is 0 Å². The molecular weight excluding hydrogens is 262 g/mol. The van der Waals surface area contributed by atoms with Crippen LogP contribution in [0.2, 0.25) is 0 Å². The first-order valence-electron chi connectivity index (χ1n) is 8.12. The summed E-state index contributed by atoms with van der Waals surface area (Å²) in [6.45, 7) is 6.79. The van der Waals surface area contributed by atoms with Gasteiger partial charge in [0.25, 0.3) is 0 Å². The molecule has 2 aliphatic heterocycles. The molecule has 2 heterocycles. The van der Waals surface area contributed by atoms with E-state index < -0.39 is 0 Å². The lowest BCUT2D eigenvalue weighted by Gasteiger charge is -2.38. The molecule has 2 unspecified atom stereocenters. The van der Waals surface area contributed by atoms with Gasteiger partial charge in [0.1, 0.15) is 0 Å². The molecule has 0 radical (unpaired) electrons. The van der Waals surface area contributed by atoms with Crippen molar-refractivity contribution in [2.24, 2.45) is 5.73 Å². The summed E-state index contributed by atoms with van der Waals surface area (Å²) < 4.78 is 5.79. The lowest BCUT2D eigenvalue weighted by molar-refractivity contribution is -0.0437. The summed E-state index contributed by atoms with van der Waals surface area (Å²) in [5.74, 6) is 0. The molecule has 21 heavy (non-hydrogen) atoms. The average Bonchev–Trinajstić information content (AvgIpc) is 2.89. The van der Waals surface area contributed by atoms with Crippen LogP contribution >= 0.6 is 0 Å². The maximum absolute atomic E-state index is 6.10. The molecule has 3 rings (SSSR count). The molecule has 4 heteroatoms. The minimum atomic E-state index is 0.319. The number of benzene rings is 1. The third-order valence-electron chi connectivity index (χ3n) is 4.91. The summed E-state index contributed by atoms with van der Waals surface area (Å²) in [7, 11) is 2.17. The van der Waals surface area contributed by atoms with E-state index in [0.29, 0.717) is 18.7 Å². The van der Waals surface area contributed by atoms with Crippen molar-refractivity contribution < 1.29 is 4.74 Å². The first kappa shape index (κ1) is 14.8. The van der Waals surface area contributed by atoms with Gasteiger partial charge in [-0.1, -0.05) is 19.1 Å². The summed E-state index contributed by atoms with van der Waals surface area (Å²) in [4.78, 5) is 4.83. The summed E-state index contributed by atoms with van der Waals surface area (Å²) in [6.07, 6.45) is 2.58. The van der Waals surface area contributed by atoms with E-state index in [9.17, 15) is 0 Å². The van der Waals surface area contributed by atoms with E-state index in [2.05, 4.69) is 42.0 Å². The minimum absolute atomic E-state index is 0.319. The highest BCUT2D eigenvalue weighted by atomic mass is 16.5. The maximum atomic E-state index is 6.10. The number of nitrogens with two attached hydrogens (primary N) is 1. The average molecular weight is 289 g/mol. The van der Waals surface area contributed by atoms with Gasteiger partial charge in [-0.15, -0.1) is 0 Å². The maximum Gasteiger partial charge on any atom is 0.0700 e. The van der Waals surface area contributed by atoms with Gasteiger partial charge in [-0.25, -0.2) is 0 Å². The van der Waals surface area contributed by atoms with Gasteiger partial charge in [0, 0.05) is 45.0 Å². The Morgan fingerprint density at radius 2 is 2.24 bits per heavy atom. The van der Waals surface area contributed by atoms with Crippen LogP contribution in [-0.2, 0) is 11.2 Å². The second-order valence-corrected chi connectivity index (χ2v) is 6.21. The Kier molecular flexibility index (Phi) is 4.48. The van der Waals surface area contributed by atoms with Crippen molar-refractivity contribution in [1.29, 1.82) is 0 Å². The fourth-order valence-corrected chi connectivity index (χ4v) is 3.56. The molecule has 1 fully saturated rings. The van der Waals surface area contributed by atoms with Crippen LogP contribution in [0.5, 0.6) is 0 Å². The van der Waals surface area contributed by atoms with Crippen molar-refractivity contribution in [1.82, 2.24) is 4.90 Å². The van der Waals surface area contributed by atoms with E-state index in [1.165, 1.54) is 16.8 Å². The van der Waals surface area contributed by atoms with Crippen molar-refractivity contribution in [3.05, 3.63) is 29.3 Å². The van der Waals surface area contributed by atoms with Crippen molar-refractivity contribution in [2.45, 2.75) is 31.9 Å². The monoisotopic (exact) mass is 289 g/mol. The Labute approximate surface area is 127 Å². The molecule has 0 bridgehead atoms. The lowest BCUT2D eigenvalue weighted by atomic mass is 10.00. The smallest absolute Gasteiger partial charge is 0.0700 e. The van der Waals surface area contributed by atoms with Crippen LogP contribution in [0.15, 0.2) is 18.2 Å². The van der Waals surface area contributed by atoms with Crippen LogP contribution in [-0.4, -0.2) is 50.8 Å². The van der Waals surface area contributed by atoms with Gasteiger partial charge in [0.05, 0.1) is 12.7 Å². The molecule has 2 aliphatic rings. The SMILES string of the molecule is CCC1CN(C(CN)c2ccc3c(c2)CCN3C)CCO1. The van der Waals surface area contributed by atoms with Gasteiger partial charge in [0.2, 0.25) is 0 Å². The number of hydrogen-bond donors (Lipinski definition) is 1. The fraction of sp³-hybridized carbons (Fsp3) is 0.647. The van der Waals surface area contributed by atoms with Crippen LogP contribution in [0.3, 0.4) is 0 Å². The molecule has 4 nitrogen and oxygen atoms in total. The Balaban J connectivity index is 1.80. The third-order valence-corrected chi connectivity index (χ3v) is 4.91. The van der Waals surface area contributed by atoms with Gasteiger partial charge in [0.15, 0.2) is 0 Å². The first-order valence-corrected chi connectivity index (χ1v) is 8.12. The van der Waals surface area contributed by atoms with E-state index in [1.807, 2.05) is 0 Å². The van der Waals surface area contributed by atoms with E-state index in [-0.39, 0.29) is 0 Å². The molecule has 0 aromatic heterocycles. The first-order chi connectivity index (χ1) is 10.2. The van der Waals surface area contributed by atoms with Crippen LogP contribution in [0.4, 0.5) is 5.69 Å². The number of morpholine rings is 1. The molecular formula is C17H27N3O. The van der Waals surface area contributed by atoms with E-state index in [0.717, 1.165) is 39.1 Å². The number of hydrogen-bond acceptors (Lipinski definition) is 4. The zero-order valence-corrected chi connectivity index (χ0v) is 13.2. The highest BCUT2D eigenvalue weighted by Gasteiger charge is 2.27. The molecule has 116 valence electrons. The van der Waals surface area contributed by atoms with E-state index >= 15 is 0 Å². The summed E-state index contributed by atoms with van der Waals surface area (Å²) in [5, 5.41) is 0. The Morgan fingerprint density at radius 3 is 3.00 bits per heavy atom. The molecule has 1 aromatic carbocycles. The van der Waals surface area contributed by atoms with Crippen LogP contribution in [0.25, 0.3) is 0 Å². The number of anilines is 1. The van der Waals surface area contributed by atoms with Crippen molar-refractivity contribution >= 4 is 5.69 Å². The van der Waals surface area contributed by atoms with Gasteiger partial charge < -0.3 is 15.4 Å². The standard InChI is InChI=1S/C17H27N3O/c1-3-15-12-20(8-9-21-15)17(11-18)13-4-5-16-14(10-13)6-7-19(16)2/h4-5,10,15,17H,3,6-9,11-12,18H2,1-2H3. The summed E-state index contributed by atoms with van der Waals surface area (Å²) in [5.41, 5.74) is 10.3. The second-order valence-electron chi connectivity index (χ2n) is 6.21. The summed E-state index contributed by atoms with van der Waals surface area (Å²) >= 11 is 0. The number of fused-ring (bicyclic) bond motifs is 1.